The van der Waals surface area contributed by atoms with E-state index in [0.29, 0.717) is 35.2 Å². The van der Waals surface area contributed by atoms with Crippen LogP contribution in [0.25, 0.3) is 0 Å². The lowest BCUT2D eigenvalue weighted by atomic mass is 10.2. The Morgan fingerprint density at radius 1 is 1.04 bits per heavy atom. The molecule has 2 aromatic carbocycles. The van der Waals surface area contributed by atoms with E-state index in [0.717, 1.165) is 5.56 Å². The summed E-state index contributed by atoms with van der Waals surface area (Å²) >= 11 is 5.91. The molecule has 7 heteroatoms. The highest BCUT2D eigenvalue weighted by molar-refractivity contribution is 6.30. The number of hydrogen-bond donors (Lipinski definition) is 2. The number of methoxy groups -OCH3 is 2. The quantitative estimate of drug-likeness (QED) is 0.763. The number of amides is 2. The Morgan fingerprint density at radius 3 is 2.48 bits per heavy atom. The fraction of sp³-hybridized carbons (Fsp3) is 0.300. The van der Waals surface area contributed by atoms with E-state index in [2.05, 4.69) is 10.6 Å². The molecule has 1 fully saturated rings. The molecule has 27 heavy (non-hydrogen) atoms. The van der Waals surface area contributed by atoms with Gasteiger partial charge >= 0.3 is 0 Å². The van der Waals surface area contributed by atoms with E-state index < -0.39 is 0 Å². The minimum Gasteiger partial charge on any atom is -0.493 e. The first-order valence-corrected chi connectivity index (χ1v) is 8.94. The predicted molar refractivity (Wildman–Crippen MR) is 103 cm³/mol. The van der Waals surface area contributed by atoms with Crippen molar-refractivity contribution in [1.29, 1.82) is 0 Å². The first-order chi connectivity index (χ1) is 13.0. The van der Waals surface area contributed by atoms with Crippen LogP contribution in [0, 0.1) is 11.8 Å². The van der Waals surface area contributed by atoms with Crippen LogP contribution in [0.4, 0.5) is 5.69 Å². The van der Waals surface area contributed by atoms with E-state index in [1.807, 2.05) is 12.1 Å². The van der Waals surface area contributed by atoms with Crippen LogP contribution in [-0.4, -0.2) is 26.0 Å². The van der Waals surface area contributed by atoms with E-state index in [1.165, 1.54) is 0 Å². The molecule has 0 aliphatic heterocycles. The van der Waals surface area contributed by atoms with E-state index in [-0.39, 0.29) is 23.7 Å². The smallest absolute Gasteiger partial charge is 0.228 e. The summed E-state index contributed by atoms with van der Waals surface area (Å²) in [6.07, 6.45) is 0.546. The van der Waals surface area contributed by atoms with Crippen LogP contribution < -0.4 is 20.1 Å². The van der Waals surface area contributed by atoms with Crippen molar-refractivity contribution in [2.24, 2.45) is 11.8 Å². The van der Waals surface area contributed by atoms with Crippen LogP contribution in [0.1, 0.15) is 12.0 Å². The standard InChI is InChI=1S/C20H21ClN2O4/c1-26-17-7-6-12(8-18(17)27-2)11-22-19(24)15-10-16(15)20(25)23-14-5-3-4-13(21)9-14/h3-9,15-16H,10-11H2,1-2H3,(H,22,24)(H,23,25). The Bertz CT molecular complexity index is 856. The lowest BCUT2D eigenvalue weighted by Crippen LogP contribution is -2.27. The minimum absolute atomic E-state index is 0.129. The number of anilines is 1. The number of benzene rings is 2. The number of ether oxygens (including phenoxy) is 2. The van der Waals surface area contributed by atoms with Gasteiger partial charge in [-0.2, -0.15) is 0 Å². The van der Waals surface area contributed by atoms with Crippen molar-refractivity contribution in [2.75, 3.05) is 19.5 Å². The van der Waals surface area contributed by atoms with Crippen molar-refractivity contribution >= 4 is 29.1 Å². The zero-order valence-corrected chi connectivity index (χ0v) is 15.9. The molecule has 0 bridgehead atoms. The molecule has 1 aliphatic carbocycles. The third-order valence-corrected chi connectivity index (χ3v) is 4.71. The van der Waals surface area contributed by atoms with Crippen LogP contribution in [0.3, 0.4) is 0 Å². The molecular formula is C20H21ClN2O4. The predicted octanol–water partition coefficient (Wildman–Crippen LogP) is 3.25. The normalized spacial score (nSPS) is 17.7. The summed E-state index contributed by atoms with van der Waals surface area (Å²) in [4.78, 5) is 24.6. The molecule has 6 nitrogen and oxygen atoms in total. The molecule has 2 amide bonds. The molecule has 2 aromatic rings. The maximum absolute atomic E-state index is 12.3. The molecule has 0 radical (unpaired) electrons. The summed E-state index contributed by atoms with van der Waals surface area (Å²) in [5, 5.41) is 6.22. The Balaban J connectivity index is 1.50. The maximum atomic E-state index is 12.3. The van der Waals surface area contributed by atoms with Gasteiger partial charge in [-0.3, -0.25) is 9.59 Å². The second-order valence-corrected chi connectivity index (χ2v) is 6.79. The van der Waals surface area contributed by atoms with Crippen LogP contribution in [0.15, 0.2) is 42.5 Å². The second-order valence-electron chi connectivity index (χ2n) is 6.36. The number of hydrogen-bond acceptors (Lipinski definition) is 4. The summed E-state index contributed by atoms with van der Waals surface area (Å²) < 4.78 is 10.5. The topological polar surface area (TPSA) is 76.7 Å². The van der Waals surface area contributed by atoms with Gasteiger partial charge in [0.1, 0.15) is 0 Å². The minimum atomic E-state index is -0.311. The first kappa shape index (κ1) is 19.0. The van der Waals surface area contributed by atoms with Gasteiger partial charge in [0.15, 0.2) is 11.5 Å². The Morgan fingerprint density at radius 2 is 1.78 bits per heavy atom. The number of rotatable bonds is 7. The summed E-state index contributed by atoms with van der Waals surface area (Å²) in [6.45, 7) is 0.359. The molecule has 2 unspecified atom stereocenters. The van der Waals surface area contributed by atoms with Crippen LogP contribution in [0.5, 0.6) is 11.5 Å². The van der Waals surface area contributed by atoms with Crippen molar-refractivity contribution in [3.05, 3.63) is 53.1 Å². The van der Waals surface area contributed by atoms with E-state index in [4.69, 9.17) is 21.1 Å². The van der Waals surface area contributed by atoms with Crippen molar-refractivity contribution in [3.8, 4) is 11.5 Å². The molecule has 2 N–H and O–H groups in total. The van der Waals surface area contributed by atoms with Crippen LogP contribution in [0.2, 0.25) is 5.02 Å². The van der Waals surface area contributed by atoms with Gasteiger partial charge in [-0.05, 0) is 42.3 Å². The number of nitrogens with one attached hydrogen (secondary N) is 2. The van der Waals surface area contributed by atoms with E-state index in [1.54, 1.807) is 44.6 Å². The molecule has 142 valence electrons. The summed E-state index contributed by atoms with van der Waals surface area (Å²) in [7, 11) is 3.13. The first-order valence-electron chi connectivity index (χ1n) is 8.57. The van der Waals surface area contributed by atoms with Crippen molar-refractivity contribution in [2.45, 2.75) is 13.0 Å². The van der Waals surface area contributed by atoms with Crippen molar-refractivity contribution < 1.29 is 19.1 Å². The summed E-state index contributed by atoms with van der Waals surface area (Å²) in [6, 6.07) is 12.4. The van der Waals surface area contributed by atoms with Gasteiger partial charge in [-0.15, -0.1) is 0 Å². The zero-order chi connectivity index (χ0) is 19.4. The fourth-order valence-electron chi connectivity index (χ4n) is 2.89. The van der Waals surface area contributed by atoms with Gasteiger partial charge in [0.05, 0.1) is 26.1 Å². The molecular weight excluding hydrogens is 368 g/mol. The Hall–Kier alpha value is -2.73. The van der Waals surface area contributed by atoms with Crippen molar-refractivity contribution in [1.82, 2.24) is 5.32 Å². The zero-order valence-electron chi connectivity index (χ0n) is 15.1. The summed E-state index contributed by atoms with van der Waals surface area (Å²) in [5.74, 6) is 0.334. The average molecular weight is 389 g/mol. The Labute approximate surface area is 162 Å². The molecule has 3 rings (SSSR count). The third kappa shape index (κ3) is 4.71. The number of carbonyl (C=O) groups excluding carboxylic acids is 2. The highest BCUT2D eigenvalue weighted by atomic mass is 35.5. The number of carbonyl (C=O) groups is 2. The van der Waals surface area contributed by atoms with Gasteiger partial charge < -0.3 is 20.1 Å². The van der Waals surface area contributed by atoms with Gasteiger partial charge in [-0.1, -0.05) is 23.7 Å². The molecule has 0 spiro atoms. The third-order valence-electron chi connectivity index (χ3n) is 4.47. The number of halogens is 1. The molecule has 2 atom stereocenters. The van der Waals surface area contributed by atoms with Gasteiger partial charge in [0, 0.05) is 17.3 Å². The van der Waals surface area contributed by atoms with Crippen LogP contribution in [-0.2, 0) is 16.1 Å². The van der Waals surface area contributed by atoms with Crippen molar-refractivity contribution in [3.63, 3.8) is 0 Å². The average Bonchev–Trinajstić information content (AvgIpc) is 3.47. The fourth-order valence-corrected chi connectivity index (χ4v) is 3.08. The monoisotopic (exact) mass is 388 g/mol. The largest absolute Gasteiger partial charge is 0.493 e. The van der Waals surface area contributed by atoms with E-state index in [9.17, 15) is 9.59 Å². The van der Waals surface area contributed by atoms with E-state index >= 15 is 0 Å². The Kier molecular flexibility index (Phi) is 5.86. The molecule has 1 saturated carbocycles. The maximum Gasteiger partial charge on any atom is 0.228 e. The molecule has 0 saturated heterocycles. The van der Waals surface area contributed by atoms with Gasteiger partial charge in [0.2, 0.25) is 11.8 Å². The van der Waals surface area contributed by atoms with Gasteiger partial charge in [-0.25, -0.2) is 0 Å². The second kappa shape index (κ2) is 8.31. The SMILES string of the molecule is COc1ccc(CNC(=O)C2CC2C(=O)Nc2cccc(Cl)c2)cc1OC. The molecule has 1 aliphatic rings. The van der Waals surface area contributed by atoms with Gasteiger partial charge in [0.25, 0.3) is 0 Å². The molecule has 0 aromatic heterocycles. The highest BCUT2D eigenvalue weighted by Crippen LogP contribution is 2.39. The molecule has 0 heterocycles. The summed E-state index contributed by atoms with van der Waals surface area (Å²) in [5.41, 5.74) is 1.52. The lowest BCUT2D eigenvalue weighted by molar-refractivity contribution is -0.125. The highest BCUT2D eigenvalue weighted by Gasteiger charge is 2.47. The lowest BCUT2D eigenvalue weighted by Gasteiger charge is -2.10. The van der Waals surface area contributed by atoms with Crippen LogP contribution >= 0.6 is 11.6 Å².